The molecule has 0 unspecified atom stereocenters. The van der Waals surface area contributed by atoms with Crippen LogP contribution in [0.3, 0.4) is 0 Å². The lowest BCUT2D eigenvalue weighted by Gasteiger charge is -2.54. The number of aromatic nitrogens is 6. The molecule has 534 valence electrons. The fourth-order valence-electron chi connectivity index (χ4n) is 12.8. The van der Waals surface area contributed by atoms with Crippen molar-refractivity contribution >= 4 is 115 Å². The summed E-state index contributed by atoms with van der Waals surface area (Å²) in [5.41, 5.74) is 5.52. The fraction of sp³-hybridized carbons (Fsp3) is 0.438. The maximum absolute atomic E-state index is 13.2. The van der Waals surface area contributed by atoms with Crippen LogP contribution in [0, 0.1) is 35.2 Å². The third kappa shape index (κ3) is 17.4. The van der Waals surface area contributed by atoms with E-state index in [9.17, 15) is 77.9 Å². The van der Waals surface area contributed by atoms with Gasteiger partial charge in [0.1, 0.15) is 45.8 Å². The van der Waals surface area contributed by atoms with Gasteiger partial charge in [0.2, 0.25) is 17.7 Å². The Morgan fingerprint density at radius 3 is 1.28 bits per heavy atom. The van der Waals surface area contributed by atoms with E-state index in [4.69, 9.17) is 40.5 Å². The van der Waals surface area contributed by atoms with Gasteiger partial charge < -0.3 is 62.0 Å². The highest BCUT2D eigenvalue weighted by atomic mass is 35.5. The van der Waals surface area contributed by atoms with Crippen molar-refractivity contribution < 1.29 is 77.9 Å². The van der Waals surface area contributed by atoms with Crippen molar-refractivity contribution in [3.05, 3.63) is 140 Å². The van der Waals surface area contributed by atoms with Crippen molar-refractivity contribution in [3.63, 3.8) is 0 Å². The Morgan fingerprint density at radius 2 is 0.940 bits per heavy atom. The van der Waals surface area contributed by atoms with Gasteiger partial charge in [0.25, 0.3) is 35.4 Å². The Bertz CT molecular complexity index is 4220. The summed E-state index contributed by atoms with van der Waals surface area (Å²) in [7, 11) is -3.15. The quantitative estimate of drug-likeness (QED) is 0.0410. The van der Waals surface area contributed by atoms with Gasteiger partial charge in [-0.25, -0.2) is 36.5 Å². The van der Waals surface area contributed by atoms with Gasteiger partial charge in [0, 0.05) is 62.1 Å². The van der Waals surface area contributed by atoms with Gasteiger partial charge in [0.05, 0.1) is 56.9 Å². The zero-order valence-corrected chi connectivity index (χ0v) is 56.2. The summed E-state index contributed by atoms with van der Waals surface area (Å²) in [6.07, 6.45) is 5.73. The fourth-order valence-corrected chi connectivity index (χ4v) is 15.2. The third-order valence-corrected chi connectivity index (χ3v) is 22.1. The number of amides is 9. The van der Waals surface area contributed by atoms with E-state index in [-0.39, 0.29) is 130 Å². The van der Waals surface area contributed by atoms with E-state index in [0.29, 0.717) is 87.2 Å². The molecule has 10 N–H and O–H groups in total. The lowest BCUT2D eigenvalue weighted by Crippen LogP contribution is -2.72. The highest BCUT2D eigenvalue weighted by Crippen LogP contribution is 2.43. The number of primary amides is 1. The smallest absolute Gasteiger partial charge is 0.364 e. The first kappa shape index (κ1) is 73.6. The molecule has 3 aromatic heterocycles. The van der Waals surface area contributed by atoms with E-state index in [1.807, 2.05) is 0 Å². The Kier molecular flexibility index (Phi) is 23.0. The molecule has 9 amide bonds. The molecule has 6 heterocycles. The summed E-state index contributed by atoms with van der Waals surface area (Å²) in [4.78, 5) is 136. The average molecular weight is 1480 g/mol. The monoisotopic (exact) mass is 1470 g/mol. The van der Waals surface area contributed by atoms with E-state index >= 15 is 0 Å². The first-order chi connectivity index (χ1) is 47.5. The standard InChI is InChI=1S/C23H25ClFN5O5S.C21H23ClFN5O3.C20H20ClF4N5O3/c24-16-9-14(25)3-6-17(16)29-20(31)13-1-4-15(5-2-13)28-21(32)18-19(27-12-26-18)22(33)30-10-23(11-30)7-8-36(23,34)35;22-15-10-13(23)4-7-16(15)27-19(29)12-2-5-14(6-3-12)26-20(30)17-18(25-11-24-17)21(31)28-8-1-9-28;21-13-7-11(22)3-6-14(13)29-18(32)10-1-4-12(5-2-10)30(8-20(23,24)25)19(33)16-15(17(26)31)27-9-28-16/h3,6,9,12-13,15H,1-2,4-5,7-8,10-11H2,(H,26,27)(H,28,32)(H,29,31);4,7,10-12,14H,1-3,5-6,8-9H2,(H,24,25)(H,26,30)(H,27,29);3,6-7,9-10,12H,1-2,4-5,8H2,(H2,26,31)(H,27,28)(H,29,32). The van der Waals surface area contributed by atoms with Crippen LogP contribution in [0.4, 0.5) is 43.4 Å². The number of benzene rings is 3. The van der Waals surface area contributed by atoms with Gasteiger partial charge in [0.15, 0.2) is 26.9 Å². The number of imidazole rings is 3. The molecule has 3 saturated carbocycles. The molecule has 3 aliphatic heterocycles. The minimum Gasteiger partial charge on any atom is -0.364 e. The minimum atomic E-state index is -4.68. The van der Waals surface area contributed by atoms with Gasteiger partial charge in [-0.2, -0.15) is 13.2 Å². The summed E-state index contributed by atoms with van der Waals surface area (Å²) in [6.45, 7) is 0.102. The number of nitrogens with one attached hydrogen (secondary N) is 8. The molecule has 0 atom stereocenters. The number of H-pyrrole nitrogens is 3. The Labute approximate surface area is 582 Å². The molecule has 36 heteroatoms. The molecule has 12 rings (SSSR count). The van der Waals surface area contributed by atoms with Gasteiger partial charge >= 0.3 is 6.18 Å². The molecular weight excluding hydrogens is 1410 g/mol. The maximum atomic E-state index is 13.2. The predicted octanol–water partition coefficient (Wildman–Crippen LogP) is 8.62. The summed E-state index contributed by atoms with van der Waals surface area (Å²) in [6, 6.07) is 9.97. The van der Waals surface area contributed by atoms with E-state index in [0.717, 1.165) is 37.0 Å². The van der Waals surface area contributed by atoms with Crippen molar-refractivity contribution in [3.8, 4) is 0 Å². The molecule has 6 aliphatic rings. The van der Waals surface area contributed by atoms with Gasteiger partial charge in [-0.3, -0.25) is 43.2 Å². The molecule has 0 radical (unpaired) electrons. The van der Waals surface area contributed by atoms with E-state index in [1.54, 1.807) is 4.90 Å². The van der Waals surface area contributed by atoms with E-state index in [1.165, 1.54) is 47.9 Å². The van der Waals surface area contributed by atoms with Crippen molar-refractivity contribution in [1.82, 2.24) is 55.2 Å². The normalized spacial score (nSPS) is 21.1. The van der Waals surface area contributed by atoms with Crippen LogP contribution in [0.2, 0.25) is 15.1 Å². The van der Waals surface area contributed by atoms with Crippen molar-refractivity contribution in [1.29, 1.82) is 0 Å². The van der Waals surface area contributed by atoms with Gasteiger partial charge in [-0.1, -0.05) is 34.8 Å². The summed E-state index contributed by atoms with van der Waals surface area (Å²) < 4.78 is 102. The zero-order valence-electron chi connectivity index (χ0n) is 53.1. The summed E-state index contributed by atoms with van der Waals surface area (Å²) in [5, 5.41) is 14.2. The molecule has 0 bridgehead atoms. The van der Waals surface area contributed by atoms with Crippen molar-refractivity contribution in [2.75, 3.05) is 54.4 Å². The van der Waals surface area contributed by atoms with Crippen LogP contribution in [0.1, 0.15) is 153 Å². The number of nitrogens with two attached hydrogens (primary N) is 1. The van der Waals surface area contributed by atoms with Crippen LogP contribution in [-0.2, 0) is 24.2 Å². The van der Waals surface area contributed by atoms with Crippen LogP contribution < -0.4 is 32.3 Å². The number of carbonyl (C=O) groups excluding carboxylic acids is 9. The SMILES string of the molecule is NC(=O)c1nc[nH]c1C(=O)N(CC(F)(F)F)C1CCC(C(=O)Nc2ccc(F)cc2Cl)CC1.O=C(NC1CCC(C(=O)Nc2ccc(F)cc2Cl)CC1)c1nc[nH]c1C(=O)N1CC2(CCS2(=O)=O)C1.O=C(NC1CCC(C(=O)Nc2ccc(F)cc2Cl)CC1)c1nc[nH]c1C(=O)N1CCC1. The van der Waals surface area contributed by atoms with Crippen LogP contribution in [0.25, 0.3) is 0 Å². The number of likely N-dealkylation sites (tertiary alicyclic amines) is 2. The number of alkyl halides is 3. The molecule has 6 aromatic rings. The second-order valence-electron chi connectivity index (χ2n) is 25.2. The number of hydrogen-bond acceptors (Lipinski definition) is 14. The van der Waals surface area contributed by atoms with Crippen LogP contribution in [0.5, 0.6) is 0 Å². The largest absolute Gasteiger partial charge is 0.406 e. The topological polar surface area (TPSA) is 370 Å². The van der Waals surface area contributed by atoms with Gasteiger partial charge in [-0.15, -0.1) is 0 Å². The molecule has 26 nitrogen and oxygen atoms in total. The number of halogens is 9. The highest BCUT2D eigenvalue weighted by Gasteiger charge is 2.61. The lowest BCUT2D eigenvalue weighted by atomic mass is 9.84. The maximum Gasteiger partial charge on any atom is 0.406 e. The van der Waals surface area contributed by atoms with Gasteiger partial charge in [-0.05, 0) is 144 Å². The van der Waals surface area contributed by atoms with E-state index < -0.39 is 104 Å². The van der Waals surface area contributed by atoms with Crippen molar-refractivity contribution in [2.45, 2.75) is 119 Å². The summed E-state index contributed by atoms with van der Waals surface area (Å²) in [5.74, 6) is -6.85. The molecule has 1 spiro atoms. The Morgan fingerprint density at radius 1 is 0.560 bits per heavy atom. The highest BCUT2D eigenvalue weighted by molar-refractivity contribution is 7.94. The second kappa shape index (κ2) is 31.2. The first-order valence-electron chi connectivity index (χ1n) is 31.9. The molecule has 3 aromatic carbocycles. The second-order valence-corrected chi connectivity index (χ2v) is 29.0. The molecule has 100 heavy (non-hydrogen) atoms. The van der Waals surface area contributed by atoms with Crippen molar-refractivity contribution in [2.24, 2.45) is 23.5 Å². The average Bonchev–Trinajstić information content (AvgIpc) is 0.728. The molecule has 3 aliphatic carbocycles. The number of rotatable bonds is 16. The number of carbonyl (C=O) groups is 9. The predicted molar refractivity (Wildman–Crippen MR) is 351 cm³/mol. The number of aromatic amines is 3. The minimum absolute atomic E-state index is 0.0174. The van der Waals surface area contributed by atoms with Crippen LogP contribution in [-0.4, -0.2) is 174 Å². The van der Waals surface area contributed by atoms with E-state index in [2.05, 4.69) is 56.5 Å². The van der Waals surface area contributed by atoms with Crippen LogP contribution in [0.15, 0.2) is 73.6 Å². The first-order valence-corrected chi connectivity index (χ1v) is 34.7. The number of hydrogen-bond donors (Lipinski definition) is 9. The number of nitrogens with zero attached hydrogens (tertiary/aromatic N) is 6. The molecule has 6 fully saturated rings. The number of sulfone groups is 1. The Hall–Kier alpha value is -9.08. The third-order valence-electron chi connectivity index (χ3n) is 18.6. The van der Waals surface area contributed by atoms with Crippen LogP contribution >= 0.6 is 34.8 Å². The Balaban J connectivity index is 0.000000163. The molecular formula is C64H68Cl3F6N15O11S. The lowest BCUT2D eigenvalue weighted by molar-refractivity contribution is -0.146. The zero-order chi connectivity index (χ0) is 72.0. The molecule has 3 saturated heterocycles. The summed E-state index contributed by atoms with van der Waals surface area (Å²) >= 11 is 17.9. The number of anilines is 3.